The molecular weight excluding hydrogens is 268 g/mol. The summed E-state index contributed by atoms with van der Waals surface area (Å²) in [6.45, 7) is 2.54. The predicted octanol–water partition coefficient (Wildman–Crippen LogP) is 3.33. The lowest BCUT2D eigenvalue weighted by Gasteiger charge is -2.07. The molecule has 0 radical (unpaired) electrons. The Balaban J connectivity index is 2.08. The zero-order valence-corrected chi connectivity index (χ0v) is 11.7. The summed E-state index contributed by atoms with van der Waals surface area (Å²) in [5.74, 6) is -0.0789. The topological polar surface area (TPSA) is 68.3 Å². The molecule has 0 bridgehead atoms. The third-order valence-corrected chi connectivity index (χ3v) is 3.50. The molecule has 3 aromatic rings. The third kappa shape index (κ3) is 2.42. The highest BCUT2D eigenvalue weighted by atomic mass is 16.4. The minimum Gasteiger partial charge on any atom is -0.475 e. The van der Waals surface area contributed by atoms with Crippen LogP contribution in [0.15, 0.2) is 41.1 Å². The Labute approximate surface area is 121 Å². The Morgan fingerprint density at radius 3 is 2.95 bits per heavy atom. The number of fused-ring (bicyclic) bond motifs is 1. The van der Waals surface area contributed by atoms with Crippen molar-refractivity contribution >= 4 is 16.9 Å². The van der Waals surface area contributed by atoms with Gasteiger partial charge >= 0.3 is 5.97 Å². The minimum absolute atomic E-state index is 0.00680. The molecule has 5 heteroatoms. The lowest BCUT2D eigenvalue weighted by Crippen LogP contribution is -2.07. The van der Waals surface area contributed by atoms with Crippen LogP contribution in [0.1, 0.15) is 35.3 Å². The second kappa shape index (κ2) is 5.44. The van der Waals surface area contributed by atoms with E-state index in [-0.39, 0.29) is 5.76 Å². The molecule has 108 valence electrons. The average Bonchev–Trinajstić information content (AvgIpc) is 3.05. The molecular formula is C16H16N2O3. The Bertz CT molecular complexity index is 786. The normalized spacial score (nSPS) is 11.1. The number of furan rings is 1. The van der Waals surface area contributed by atoms with Crippen molar-refractivity contribution in [3.8, 4) is 0 Å². The Morgan fingerprint density at radius 1 is 1.38 bits per heavy atom. The van der Waals surface area contributed by atoms with Crippen LogP contribution in [-0.4, -0.2) is 20.6 Å². The van der Waals surface area contributed by atoms with Gasteiger partial charge in [0.05, 0.1) is 6.54 Å². The van der Waals surface area contributed by atoms with Crippen LogP contribution in [0.5, 0.6) is 0 Å². The first-order valence-corrected chi connectivity index (χ1v) is 6.94. The van der Waals surface area contributed by atoms with Crippen molar-refractivity contribution in [1.29, 1.82) is 0 Å². The van der Waals surface area contributed by atoms with E-state index < -0.39 is 5.97 Å². The maximum absolute atomic E-state index is 11.4. The van der Waals surface area contributed by atoms with Gasteiger partial charge in [-0.05, 0) is 12.5 Å². The number of nitrogens with zero attached hydrogens (tertiary/aromatic N) is 2. The van der Waals surface area contributed by atoms with Gasteiger partial charge in [0.15, 0.2) is 0 Å². The van der Waals surface area contributed by atoms with E-state index in [4.69, 9.17) is 4.42 Å². The van der Waals surface area contributed by atoms with E-state index in [1.54, 1.807) is 12.3 Å². The standard InChI is InChI=1S/C16H16N2O3/c1-2-5-14-17-8-9-18(14)10-12-11-6-3-4-7-13(11)21-15(12)16(19)20/h3-4,6-9H,2,5,10H2,1H3,(H,19,20). The molecule has 0 saturated carbocycles. The summed E-state index contributed by atoms with van der Waals surface area (Å²) in [6.07, 6.45) is 5.48. The van der Waals surface area contributed by atoms with Crippen molar-refractivity contribution in [2.24, 2.45) is 0 Å². The molecule has 1 N–H and O–H groups in total. The second-order valence-electron chi connectivity index (χ2n) is 4.93. The summed E-state index contributed by atoms with van der Waals surface area (Å²) in [7, 11) is 0. The predicted molar refractivity (Wildman–Crippen MR) is 78.5 cm³/mol. The molecule has 0 spiro atoms. The van der Waals surface area contributed by atoms with Gasteiger partial charge in [0.2, 0.25) is 5.76 Å². The van der Waals surface area contributed by atoms with Crippen LogP contribution < -0.4 is 0 Å². The molecule has 0 aliphatic carbocycles. The van der Waals surface area contributed by atoms with Gasteiger partial charge in [-0.3, -0.25) is 0 Å². The highest BCUT2D eigenvalue weighted by Crippen LogP contribution is 2.27. The number of para-hydroxylation sites is 1. The van der Waals surface area contributed by atoms with Crippen molar-refractivity contribution in [2.75, 3.05) is 0 Å². The van der Waals surface area contributed by atoms with E-state index in [9.17, 15) is 9.90 Å². The number of imidazole rings is 1. The van der Waals surface area contributed by atoms with Crippen LogP contribution in [0, 0.1) is 0 Å². The van der Waals surface area contributed by atoms with Gasteiger partial charge in [0.25, 0.3) is 0 Å². The first kappa shape index (κ1) is 13.4. The molecule has 0 amide bonds. The zero-order valence-electron chi connectivity index (χ0n) is 11.7. The van der Waals surface area contributed by atoms with E-state index >= 15 is 0 Å². The van der Waals surface area contributed by atoms with Crippen LogP contribution in [0.25, 0.3) is 11.0 Å². The number of aromatic carboxylic acids is 1. The van der Waals surface area contributed by atoms with E-state index in [0.29, 0.717) is 17.7 Å². The van der Waals surface area contributed by atoms with E-state index in [2.05, 4.69) is 11.9 Å². The average molecular weight is 284 g/mol. The van der Waals surface area contributed by atoms with E-state index in [1.165, 1.54) is 0 Å². The first-order chi connectivity index (χ1) is 10.2. The summed E-state index contributed by atoms with van der Waals surface area (Å²) < 4.78 is 7.46. The number of carboxylic acid groups (broad SMARTS) is 1. The summed E-state index contributed by atoms with van der Waals surface area (Å²) in [6, 6.07) is 7.39. The van der Waals surface area contributed by atoms with E-state index in [0.717, 1.165) is 24.1 Å². The summed E-state index contributed by atoms with van der Waals surface area (Å²) in [5.41, 5.74) is 1.29. The fourth-order valence-corrected chi connectivity index (χ4v) is 2.53. The minimum atomic E-state index is -1.04. The first-order valence-electron chi connectivity index (χ1n) is 6.94. The van der Waals surface area contributed by atoms with Gasteiger partial charge in [-0.15, -0.1) is 0 Å². The monoisotopic (exact) mass is 284 g/mol. The van der Waals surface area contributed by atoms with Crippen molar-refractivity contribution in [3.05, 3.63) is 53.8 Å². The molecule has 1 aromatic carbocycles. The van der Waals surface area contributed by atoms with Gasteiger partial charge < -0.3 is 14.1 Å². The molecule has 0 atom stereocenters. The maximum atomic E-state index is 11.4. The lowest BCUT2D eigenvalue weighted by molar-refractivity contribution is 0.0663. The van der Waals surface area contributed by atoms with Crippen LogP contribution in [0.3, 0.4) is 0 Å². The molecule has 5 nitrogen and oxygen atoms in total. The number of rotatable bonds is 5. The lowest BCUT2D eigenvalue weighted by atomic mass is 10.1. The quantitative estimate of drug-likeness (QED) is 0.780. The fraction of sp³-hybridized carbons (Fsp3) is 0.250. The molecule has 0 saturated heterocycles. The largest absolute Gasteiger partial charge is 0.475 e. The second-order valence-corrected chi connectivity index (χ2v) is 4.93. The molecule has 2 heterocycles. The molecule has 2 aromatic heterocycles. The number of benzene rings is 1. The highest BCUT2D eigenvalue weighted by molar-refractivity contribution is 5.95. The SMILES string of the molecule is CCCc1nccn1Cc1c(C(=O)O)oc2ccccc12. The van der Waals surface area contributed by atoms with Crippen molar-refractivity contribution in [3.63, 3.8) is 0 Å². The van der Waals surface area contributed by atoms with Crippen molar-refractivity contribution in [2.45, 2.75) is 26.3 Å². The van der Waals surface area contributed by atoms with Crippen LogP contribution in [0.2, 0.25) is 0 Å². The Hall–Kier alpha value is -2.56. The van der Waals surface area contributed by atoms with Gasteiger partial charge in [-0.1, -0.05) is 25.1 Å². The number of hydrogen-bond acceptors (Lipinski definition) is 3. The smallest absolute Gasteiger partial charge is 0.372 e. The zero-order chi connectivity index (χ0) is 14.8. The van der Waals surface area contributed by atoms with Gasteiger partial charge in [-0.2, -0.15) is 0 Å². The summed E-state index contributed by atoms with van der Waals surface area (Å²) in [5, 5.41) is 10.2. The molecule has 0 aliphatic rings. The number of hydrogen-bond donors (Lipinski definition) is 1. The molecule has 0 aliphatic heterocycles. The molecule has 21 heavy (non-hydrogen) atoms. The number of carbonyl (C=O) groups is 1. The Kier molecular flexibility index (Phi) is 3.48. The molecule has 0 unspecified atom stereocenters. The van der Waals surface area contributed by atoms with E-state index in [1.807, 2.05) is 29.0 Å². The highest BCUT2D eigenvalue weighted by Gasteiger charge is 2.20. The van der Waals surface area contributed by atoms with Crippen molar-refractivity contribution in [1.82, 2.24) is 9.55 Å². The van der Waals surface area contributed by atoms with Gasteiger partial charge in [0.1, 0.15) is 11.4 Å². The molecule has 3 rings (SSSR count). The van der Waals surface area contributed by atoms with Gasteiger partial charge in [0, 0.05) is 29.8 Å². The Morgan fingerprint density at radius 2 is 2.19 bits per heavy atom. The number of aromatic nitrogens is 2. The molecule has 0 fully saturated rings. The van der Waals surface area contributed by atoms with Gasteiger partial charge in [-0.25, -0.2) is 9.78 Å². The van der Waals surface area contributed by atoms with Crippen molar-refractivity contribution < 1.29 is 14.3 Å². The third-order valence-electron chi connectivity index (χ3n) is 3.50. The maximum Gasteiger partial charge on any atom is 0.372 e. The van der Waals surface area contributed by atoms with Crippen LogP contribution >= 0.6 is 0 Å². The summed E-state index contributed by atoms with van der Waals surface area (Å²) >= 11 is 0. The summed E-state index contributed by atoms with van der Waals surface area (Å²) in [4.78, 5) is 15.7. The van der Waals surface area contributed by atoms with Crippen LogP contribution in [0.4, 0.5) is 0 Å². The van der Waals surface area contributed by atoms with Crippen LogP contribution in [-0.2, 0) is 13.0 Å². The fourth-order valence-electron chi connectivity index (χ4n) is 2.53. The number of aryl methyl sites for hydroxylation is 1. The number of carboxylic acids is 1.